The fourth-order valence-electron chi connectivity index (χ4n) is 2.53. The molecule has 156 valence electrons. The van der Waals surface area contributed by atoms with Crippen molar-refractivity contribution in [2.75, 3.05) is 27.4 Å². The monoisotopic (exact) mass is 425 g/mol. The van der Waals surface area contributed by atoms with Crippen LogP contribution < -0.4 is 38.5 Å². The van der Waals surface area contributed by atoms with E-state index >= 15 is 0 Å². The highest BCUT2D eigenvalue weighted by molar-refractivity contribution is 5.79. The number of hydrogen-bond acceptors (Lipinski definition) is 8. The molecule has 10 heteroatoms. The lowest BCUT2D eigenvalue weighted by Crippen LogP contribution is -2.77. The molecule has 9 nitrogen and oxygen atoms in total. The van der Waals surface area contributed by atoms with Crippen LogP contribution in [0.4, 0.5) is 0 Å². The van der Waals surface area contributed by atoms with E-state index in [1.165, 1.54) is 0 Å². The lowest BCUT2D eigenvalue weighted by molar-refractivity contribution is -2.00. The normalized spacial score (nSPS) is 11.8. The van der Waals surface area contributed by atoms with Crippen LogP contribution in [-0.4, -0.2) is 32.5 Å². The van der Waals surface area contributed by atoms with Crippen LogP contribution in [0, 0.1) is 10.2 Å². The predicted octanol–water partition coefficient (Wildman–Crippen LogP) is -3.67. The average Bonchev–Trinajstić information content (AvgIpc) is 2.70. The maximum absolute atomic E-state index is 9.12. The highest BCUT2D eigenvalue weighted by Gasteiger charge is 2.10. The predicted molar refractivity (Wildman–Crippen MR) is 90.8 cm³/mol. The van der Waals surface area contributed by atoms with Crippen molar-refractivity contribution in [3.8, 4) is 22.8 Å². The van der Waals surface area contributed by atoms with Gasteiger partial charge in [-0.25, -0.2) is 23.6 Å². The van der Waals surface area contributed by atoms with Gasteiger partial charge in [-0.15, -0.1) is 10.2 Å². The molecule has 0 atom stereocenters. The first-order valence-electron chi connectivity index (χ1n) is 8.31. The Bertz CT molecular complexity index is 990. The van der Waals surface area contributed by atoms with Crippen molar-refractivity contribution in [2.45, 2.75) is 0 Å². The van der Waals surface area contributed by atoms with Gasteiger partial charge in [-0.2, -0.15) is 0 Å². The van der Waals surface area contributed by atoms with Crippen molar-refractivity contribution in [2.24, 2.45) is 0 Å². The molecule has 0 saturated carbocycles. The van der Waals surface area contributed by atoms with Gasteiger partial charge in [-0.05, 0) is 42.5 Å². The molecule has 1 heterocycles. The molecule has 3 rings (SSSR count). The number of aliphatic hydroxyl groups is 1. The number of benzene rings is 2. The summed E-state index contributed by atoms with van der Waals surface area (Å²) in [5.41, 5.74) is 1.69. The Morgan fingerprint density at radius 1 is 0.931 bits per heavy atom. The summed E-state index contributed by atoms with van der Waals surface area (Å²) in [6.07, 6.45) is 0. The first-order chi connectivity index (χ1) is 13.7. The number of ether oxygens (including phenoxy) is 2. The van der Waals surface area contributed by atoms with E-state index in [0.717, 1.165) is 39.1 Å². The molecule has 0 saturated heterocycles. The molecule has 2 aromatic carbocycles. The van der Waals surface area contributed by atoms with Gasteiger partial charge in [0.2, 0.25) is 5.36 Å². The molecule has 3 aromatic rings. The van der Waals surface area contributed by atoms with Crippen LogP contribution >= 0.6 is 0 Å². The molecule has 29 heavy (non-hydrogen) atoms. The van der Waals surface area contributed by atoms with E-state index in [2.05, 4.69) is 4.99 Å². The van der Waals surface area contributed by atoms with Crippen molar-refractivity contribution >= 4 is 11.0 Å². The van der Waals surface area contributed by atoms with E-state index in [4.69, 9.17) is 37.6 Å². The van der Waals surface area contributed by atoms with Crippen LogP contribution in [0.5, 0.6) is 11.5 Å². The lowest BCUT2D eigenvalue weighted by Gasteiger charge is -2.17. The molecule has 0 aliphatic heterocycles. The van der Waals surface area contributed by atoms with Gasteiger partial charge >= 0.3 is 0 Å². The summed E-state index contributed by atoms with van der Waals surface area (Å²) in [5.74, 6) is 2.28. The number of hydrogen-bond donors (Lipinski definition) is 2. The zero-order chi connectivity index (χ0) is 21.4. The maximum Gasteiger partial charge on any atom is 0.213 e. The van der Waals surface area contributed by atoms with Crippen molar-refractivity contribution in [1.82, 2.24) is 0 Å². The second-order valence-corrected chi connectivity index (χ2v) is 6.40. The summed E-state index contributed by atoms with van der Waals surface area (Å²) in [6.45, 7) is 0.508. The smallest absolute Gasteiger partial charge is 0.213 e. The zero-order valence-electron chi connectivity index (χ0n) is 15.7. The van der Waals surface area contributed by atoms with Crippen molar-refractivity contribution in [1.29, 1.82) is 0 Å². The van der Waals surface area contributed by atoms with Gasteiger partial charge in [-0.1, -0.05) is 0 Å². The quantitative estimate of drug-likeness (QED) is 0.423. The Morgan fingerprint density at radius 2 is 1.52 bits per heavy atom. The van der Waals surface area contributed by atoms with E-state index in [1.807, 2.05) is 48.5 Å². The maximum atomic E-state index is 9.12. The van der Waals surface area contributed by atoms with Crippen LogP contribution in [0.3, 0.4) is 0 Å². The van der Waals surface area contributed by atoms with Gasteiger partial charge < -0.3 is 19.0 Å². The van der Waals surface area contributed by atoms with Crippen LogP contribution in [0.1, 0.15) is 0 Å². The SMILES string of the molecule is COc1ccc(-c2cc(=[NH+]CCO)c3cc(OC)ccc3o2)cc1.[O-][Cl+3]([O-])([O-])[O-]. The van der Waals surface area contributed by atoms with Gasteiger partial charge in [0.1, 0.15) is 29.4 Å². The largest absolute Gasteiger partial charge is 0.497 e. The fourth-order valence-corrected chi connectivity index (χ4v) is 2.53. The minimum atomic E-state index is -4.94. The van der Waals surface area contributed by atoms with Crippen molar-refractivity contribution in [3.63, 3.8) is 0 Å². The molecule has 0 spiro atoms. The minimum absolute atomic E-state index is 0.0510. The molecule has 0 fully saturated rings. The van der Waals surface area contributed by atoms with Crippen LogP contribution in [0.2, 0.25) is 0 Å². The fraction of sp³-hybridized carbons (Fsp3) is 0.211. The number of aliphatic hydroxyl groups excluding tert-OH is 1. The molecule has 2 N–H and O–H groups in total. The number of rotatable bonds is 5. The standard InChI is InChI=1S/C19H19NO4.ClHO4/c1-22-14-5-3-13(4-6-14)19-12-17(20-9-10-21)16-11-15(23-2)7-8-18(16)24-19;2-1(3,4)5/h3-8,11-12,21H,9-10H2,1-2H3;(H,2,3,4,5). The average molecular weight is 426 g/mol. The molecule has 0 unspecified atom stereocenters. The summed E-state index contributed by atoms with van der Waals surface area (Å²) < 4.78 is 50.5. The molecule has 0 bridgehead atoms. The van der Waals surface area contributed by atoms with Gasteiger partial charge in [-0.3, -0.25) is 0 Å². The number of methoxy groups -OCH3 is 2. The summed E-state index contributed by atoms with van der Waals surface area (Å²) in [7, 11) is -1.68. The summed E-state index contributed by atoms with van der Waals surface area (Å²) >= 11 is 0. The molecule has 0 aliphatic rings. The van der Waals surface area contributed by atoms with E-state index < -0.39 is 10.2 Å². The van der Waals surface area contributed by atoms with E-state index in [-0.39, 0.29) is 6.61 Å². The Labute approximate surface area is 168 Å². The Kier molecular flexibility index (Phi) is 7.97. The lowest BCUT2D eigenvalue weighted by atomic mass is 10.1. The van der Waals surface area contributed by atoms with Gasteiger partial charge in [0.25, 0.3) is 0 Å². The van der Waals surface area contributed by atoms with Gasteiger partial charge in [0.05, 0.1) is 25.7 Å². The Balaban J connectivity index is 0.000000537. The number of halogens is 1. The molecule has 0 radical (unpaired) electrons. The van der Waals surface area contributed by atoms with Crippen molar-refractivity contribution < 1.29 is 52.9 Å². The van der Waals surface area contributed by atoms with Gasteiger partial charge in [0.15, 0.2) is 6.54 Å². The third kappa shape index (κ3) is 7.02. The zero-order valence-corrected chi connectivity index (χ0v) is 16.5. The second-order valence-electron chi connectivity index (χ2n) is 5.64. The molecule has 1 aromatic heterocycles. The van der Waals surface area contributed by atoms with E-state index in [9.17, 15) is 0 Å². The molecule has 0 amide bonds. The highest BCUT2D eigenvalue weighted by Crippen LogP contribution is 2.25. The third-order valence-electron chi connectivity index (χ3n) is 3.77. The molecule has 0 aliphatic carbocycles. The molecular weight excluding hydrogens is 406 g/mol. The van der Waals surface area contributed by atoms with Crippen LogP contribution in [0.15, 0.2) is 52.9 Å². The third-order valence-corrected chi connectivity index (χ3v) is 3.77. The summed E-state index contributed by atoms with van der Waals surface area (Å²) in [4.78, 5) is 3.23. The summed E-state index contributed by atoms with van der Waals surface area (Å²) in [5, 5.41) is 10.9. The minimum Gasteiger partial charge on any atom is -0.497 e. The van der Waals surface area contributed by atoms with Crippen molar-refractivity contribution in [3.05, 3.63) is 53.9 Å². The summed E-state index contributed by atoms with van der Waals surface area (Å²) in [6, 6.07) is 15.3. The highest BCUT2D eigenvalue weighted by atomic mass is 35.7. The van der Waals surface area contributed by atoms with E-state index in [1.54, 1.807) is 14.2 Å². The van der Waals surface area contributed by atoms with E-state index in [0.29, 0.717) is 6.54 Å². The Morgan fingerprint density at radius 3 is 2.07 bits per heavy atom. The van der Waals surface area contributed by atoms with Gasteiger partial charge in [0, 0.05) is 5.56 Å². The number of fused-ring (bicyclic) bond motifs is 1. The number of nitrogens with one attached hydrogen (secondary N) is 1. The topological polar surface area (TPSA) is 158 Å². The van der Waals surface area contributed by atoms with Crippen LogP contribution in [0.25, 0.3) is 22.3 Å². The molecular formula is C19H20ClNO8. The Hall–Kier alpha value is -2.66. The first kappa shape index (κ1) is 22.6. The van der Waals surface area contributed by atoms with Crippen LogP contribution in [-0.2, 0) is 0 Å². The first-order valence-corrected chi connectivity index (χ1v) is 9.54. The second kappa shape index (κ2) is 10.2.